The molecule has 2 rings (SSSR count). The van der Waals surface area contributed by atoms with Crippen molar-refractivity contribution in [3.05, 3.63) is 64.7 Å². The van der Waals surface area contributed by atoms with Crippen molar-refractivity contribution in [3.8, 4) is 11.5 Å². The molecule has 1 N–H and O–H groups in total. The van der Waals surface area contributed by atoms with Crippen LogP contribution in [0.3, 0.4) is 0 Å². The second-order valence-electron chi connectivity index (χ2n) is 4.69. The molecule has 0 unspecified atom stereocenters. The summed E-state index contributed by atoms with van der Waals surface area (Å²) in [5.74, 6) is -1.28. The fourth-order valence-corrected chi connectivity index (χ4v) is 2.20. The van der Waals surface area contributed by atoms with E-state index in [1.54, 1.807) is 43.3 Å². The van der Waals surface area contributed by atoms with Gasteiger partial charge in [0.2, 0.25) is 0 Å². The molecule has 0 saturated carbocycles. The maximum Gasteiger partial charge on any atom is 0.343 e. The standard InChI is InChI=1S/C18H15ClO5/c1-2-23-15-11-12(8-9-16(20)21)10-14(19)17(15)24-18(22)13-6-4-3-5-7-13/h3-11H,2H2,1H3,(H,20,21)/b9-8+. The zero-order chi connectivity index (χ0) is 17.5. The molecule has 2 aromatic carbocycles. The Hall–Kier alpha value is -2.79. The summed E-state index contributed by atoms with van der Waals surface area (Å²) in [6, 6.07) is 11.5. The van der Waals surface area contributed by atoms with Crippen LogP contribution in [0.25, 0.3) is 6.08 Å². The highest BCUT2D eigenvalue weighted by Gasteiger charge is 2.17. The first kappa shape index (κ1) is 17.6. The van der Waals surface area contributed by atoms with E-state index in [0.29, 0.717) is 17.7 Å². The van der Waals surface area contributed by atoms with E-state index in [1.165, 1.54) is 12.1 Å². The van der Waals surface area contributed by atoms with E-state index in [0.717, 1.165) is 6.08 Å². The van der Waals surface area contributed by atoms with E-state index in [-0.39, 0.29) is 16.5 Å². The number of hydrogen-bond donors (Lipinski definition) is 1. The summed E-state index contributed by atoms with van der Waals surface area (Å²) < 4.78 is 10.8. The Kier molecular flexibility index (Phi) is 5.98. The van der Waals surface area contributed by atoms with Crippen LogP contribution in [0.1, 0.15) is 22.8 Å². The molecule has 2 aromatic rings. The summed E-state index contributed by atoms with van der Waals surface area (Å²) in [4.78, 5) is 22.8. The molecule has 0 heterocycles. The smallest absolute Gasteiger partial charge is 0.343 e. The minimum atomic E-state index is -1.08. The molecule has 0 amide bonds. The van der Waals surface area contributed by atoms with E-state index in [9.17, 15) is 9.59 Å². The number of benzene rings is 2. The second kappa shape index (κ2) is 8.17. The first-order valence-electron chi connectivity index (χ1n) is 7.16. The number of carboxylic acid groups (broad SMARTS) is 1. The molecule has 124 valence electrons. The van der Waals surface area contributed by atoms with Crippen molar-refractivity contribution in [3.63, 3.8) is 0 Å². The molecule has 0 bridgehead atoms. The molecule has 0 fully saturated rings. The van der Waals surface area contributed by atoms with Crippen molar-refractivity contribution >= 4 is 29.6 Å². The lowest BCUT2D eigenvalue weighted by Crippen LogP contribution is -2.10. The summed E-state index contributed by atoms with van der Waals surface area (Å²) in [5.41, 5.74) is 0.899. The highest BCUT2D eigenvalue weighted by molar-refractivity contribution is 6.32. The van der Waals surface area contributed by atoms with Crippen molar-refractivity contribution in [1.29, 1.82) is 0 Å². The van der Waals surface area contributed by atoms with Gasteiger partial charge in [0.25, 0.3) is 0 Å². The molecule has 0 aliphatic heterocycles. The zero-order valence-corrected chi connectivity index (χ0v) is 13.6. The van der Waals surface area contributed by atoms with E-state index >= 15 is 0 Å². The maximum absolute atomic E-state index is 12.2. The Labute approximate surface area is 144 Å². The van der Waals surface area contributed by atoms with E-state index in [2.05, 4.69) is 0 Å². The van der Waals surface area contributed by atoms with Gasteiger partial charge in [-0.05, 0) is 42.8 Å². The van der Waals surface area contributed by atoms with Crippen LogP contribution in [0, 0.1) is 0 Å². The third-order valence-electron chi connectivity index (χ3n) is 2.95. The molecular formula is C18H15ClO5. The average Bonchev–Trinajstić information content (AvgIpc) is 2.57. The van der Waals surface area contributed by atoms with Crippen molar-refractivity contribution < 1.29 is 24.2 Å². The predicted octanol–water partition coefficient (Wildman–Crippen LogP) is 4.06. The minimum Gasteiger partial charge on any atom is -0.490 e. The summed E-state index contributed by atoms with van der Waals surface area (Å²) in [7, 11) is 0. The van der Waals surface area contributed by atoms with Crippen molar-refractivity contribution in [2.45, 2.75) is 6.92 Å². The fraction of sp³-hybridized carbons (Fsp3) is 0.111. The zero-order valence-electron chi connectivity index (χ0n) is 12.9. The number of halogens is 1. The van der Waals surface area contributed by atoms with Gasteiger partial charge in [-0.3, -0.25) is 0 Å². The number of esters is 1. The Morgan fingerprint density at radius 3 is 2.54 bits per heavy atom. The largest absolute Gasteiger partial charge is 0.490 e. The van der Waals surface area contributed by atoms with Gasteiger partial charge in [0.05, 0.1) is 17.2 Å². The predicted molar refractivity (Wildman–Crippen MR) is 90.7 cm³/mol. The van der Waals surface area contributed by atoms with Crippen molar-refractivity contribution in [2.75, 3.05) is 6.61 Å². The van der Waals surface area contributed by atoms with Gasteiger partial charge < -0.3 is 14.6 Å². The molecule has 5 nitrogen and oxygen atoms in total. The van der Waals surface area contributed by atoms with Crippen LogP contribution < -0.4 is 9.47 Å². The second-order valence-corrected chi connectivity index (χ2v) is 5.10. The molecular weight excluding hydrogens is 332 g/mol. The average molecular weight is 347 g/mol. The van der Waals surface area contributed by atoms with Gasteiger partial charge >= 0.3 is 11.9 Å². The lowest BCUT2D eigenvalue weighted by Gasteiger charge is -2.13. The van der Waals surface area contributed by atoms with Crippen LogP contribution in [-0.2, 0) is 4.79 Å². The first-order valence-corrected chi connectivity index (χ1v) is 7.53. The number of carbonyl (C=O) groups is 2. The van der Waals surface area contributed by atoms with Gasteiger partial charge in [-0.25, -0.2) is 9.59 Å². The number of hydrogen-bond acceptors (Lipinski definition) is 4. The van der Waals surface area contributed by atoms with Crippen LogP contribution in [0.4, 0.5) is 0 Å². The third-order valence-corrected chi connectivity index (χ3v) is 3.24. The number of ether oxygens (including phenoxy) is 2. The molecule has 0 atom stereocenters. The molecule has 0 aromatic heterocycles. The molecule has 24 heavy (non-hydrogen) atoms. The van der Waals surface area contributed by atoms with Crippen LogP contribution in [0.15, 0.2) is 48.5 Å². The number of aliphatic carboxylic acids is 1. The van der Waals surface area contributed by atoms with Crippen molar-refractivity contribution in [2.24, 2.45) is 0 Å². The SMILES string of the molecule is CCOc1cc(/C=C/C(=O)O)cc(Cl)c1OC(=O)c1ccccc1. The Balaban J connectivity index is 2.34. The van der Waals surface area contributed by atoms with Gasteiger partial charge in [0.15, 0.2) is 11.5 Å². The van der Waals surface area contributed by atoms with Gasteiger partial charge in [-0.1, -0.05) is 29.8 Å². The molecule has 0 radical (unpaired) electrons. The molecule has 0 spiro atoms. The summed E-state index contributed by atoms with van der Waals surface area (Å²) in [6.07, 6.45) is 2.36. The number of carbonyl (C=O) groups excluding carboxylic acids is 1. The monoisotopic (exact) mass is 346 g/mol. The molecule has 6 heteroatoms. The van der Waals surface area contributed by atoms with Gasteiger partial charge in [-0.2, -0.15) is 0 Å². The van der Waals surface area contributed by atoms with Gasteiger partial charge in [-0.15, -0.1) is 0 Å². The Bertz CT molecular complexity index is 768. The number of carboxylic acids is 1. The number of rotatable bonds is 6. The summed E-state index contributed by atoms with van der Waals surface area (Å²) >= 11 is 6.18. The van der Waals surface area contributed by atoms with Crippen LogP contribution in [-0.4, -0.2) is 23.7 Å². The Morgan fingerprint density at radius 1 is 1.21 bits per heavy atom. The lowest BCUT2D eigenvalue weighted by atomic mass is 10.2. The van der Waals surface area contributed by atoms with E-state index in [4.69, 9.17) is 26.2 Å². The highest BCUT2D eigenvalue weighted by Crippen LogP contribution is 2.37. The Morgan fingerprint density at radius 2 is 1.92 bits per heavy atom. The summed E-state index contributed by atoms with van der Waals surface area (Å²) in [6.45, 7) is 2.11. The maximum atomic E-state index is 12.2. The normalized spacial score (nSPS) is 10.6. The summed E-state index contributed by atoms with van der Waals surface area (Å²) in [5, 5.41) is 8.84. The third kappa shape index (κ3) is 4.60. The van der Waals surface area contributed by atoms with Crippen LogP contribution in [0.5, 0.6) is 11.5 Å². The highest BCUT2D eigenvalue weighted by atomic mass is 35.5. The van der Waals surface area contributed by atoms with Gasteiger partial charge in [0, 0.05) is 6.08 Å². The van der Waals surface area contributed by atoms with Crippen LogP contribution >= 0.6 is 11.6 Å². The van der Waals surface area contributed by atoms with Crippen LogP contribution in [0.2, 0.25) is 5.02 Å². The fourth-order valence-electron chi connectivity index (χ4n) is 1.94. The lowest BCUT2D eigenvalue weighted by molar-refractivity contribution is -0.131. The van der Waals surface area contributed by atoms with Crippen molar-refractivity contribution in [1.82, 2.24) is 0 Å². The first-order chi connectivity index (χ1) is 11.5. The van der Waals surface area contributed by atoms with E-state index < -0.39 is 11.9 Å². The van der Waals surface area contributed by atoms with Gasteiger partial charge in [0.1, 0.15) is 0 Å². The van der Waals surface area contributed by atoms with E-state index in [1.807, 2.05) is 0 Å². The minimum absolute atomic E-state index is 0.0971. The molecule has 0 aliphatic carbocycles. The topological polar surface area (TPSA) is 72.8 Å². The molecule has 0 saturated heterocycles. The molecule has 0 aliphatic rings. The quantitative estimate of drug-likeness (QED) is 0.485.